The number of carbonyl (C=O) groups is 3. The molecule has 10 N–H and O–H groups in total. The fourth-order valence-electron chi connectivity index (χ4n) is 14.2. The van der Waals surface area contributed by atoms with Crippen molar-refractivity contribution in [2.45, 2.75) is 125 Å². The van der Waals surface area contributed by atoms with Crippen LogP contribution >= 0.6 is 0 Å². The predicted molar refractivity (Wildman–Crippen MR) is 324 cm³/mol. The van der Waals surface area contributed by atoms with E-state index in [1.807, 2.05) is 9.80 Å². The van der Waals surface area contributed by atoms with Crippen molar-refractivity contribution in [2.24, 2.45) is 0 Å². The van der Waals surface area contributed by atoms with Crippen LogP contribution in [0, 0.1) is 0 Å². The SMILES string of the molecule is CCC(=O)N[C@H]1C[C@@H](n2cnc3c(NCC4c5ccccc5-c5ccccc54)nc(N4CC[C@@H](NC(=O)N[C@@H]5CCN(c6nc(NCC7c8ccccc8-c8ccccc87)c7ncn([C@@H]8C[C@H](NC(=O)CC)[C@@H](O)[C@H]8O)c7n6)C5)C4)nc32)[C@H](O)[C@@H]1O. The summed E-state index contributed by atoms with van der Waals surface area (Å²) in [5.41, 5.74) is 11.6. The van der Waals surface area contributed by atoms with Crippen molar-refractivity contribution in [3.63, 3.8) is 0 Å². The van der Waals surface area contributed by atoms with Crippen molar-refractivity contribution >= 4 is 63.7 Å². The highest BCUT2D eigenvalue weighted by Crippen LogP contribution is 2.47. The Hall–Kier alpha value is -8.77. The Bertz CT molecular complexity index is 3570. The number of fused-ring (bicyclic) bond motifs is 8. The summed E-state index contributed by atoms with van der Waals surface area (Å²) in [5, 5.41) is 64.7. The van der Waals surface area contributed by atoms with Gasteiger partial charge in [0.05, 0.1) is 36.8 Å². The van der Waals surface area contributed by atoms with Crippen LogP contribution in [0.25, 0.3) is 44.6 Å². The summed E-state index contributed by atoms with van der Waals surface area (Å²) in [7, 11) is 0. The van der Waals surface area contributed by atoms with E-state index in [1.165, 1.54) is 44.5 Å². The van der Waals surface area contributed by atoms with Crippen LogP contribution in [-0.2, 0) is 9.59 Å². The molecule has 23 nitrogen and oxygen atoms in total. The van der Waals surface area contributed by atoms with E-state index in [4.69, 9.17) is 29.9 Å². The zero-order valence-corrected chi connectivity index (χ0v) is 47.8. The van der Waals surface area contributed by atoms with Gasteiger partial charge in [-0.05, 0) is 70.2 Å². The van der Waals surface area contributed by atoms with E-state index in [-0.39, 0.29) is 67.4 Å². The van der Waals surface area contributed by atoms with E-state index >= 15 is 0 Å². The quantitative estimate of drug-likeness (QED) is 0.0628. The molecule has 2 saturated carbocycles. The second-order valence-corrected chi connectivity index (χ2v) is 23.7. The Morgan fingerprint density at radius 3 is 1.24 bits per heavy atom. The molecule has 4 fully saturated rings. The maximum Gasteiger partial charge on any atom is 0.315 e. The first-order chi connectivity index (χ1) is 41.9. The van der Waals surface area contributed by atoms with Gasteiger partial charge in [0.15, 0.2) is 34.0 Å². The van der Waals surface area contributed by atoms with Crippen molar-refractivity contribution in [3.05, 3.63) is 132 Å². The maximum atomic E-state index is 14.0. The molecule has 4 aliphatic carbocycles. The number of aliphatic hydroxyl groups is 4. The molecule has 23 heteroatoms. The lowest BCUT2D eigenvalue weighted by Gasteiger charge is -2.22. The van der Waals surface area contributed by atoms with Gasteiger partial charge in [0.2, 0.25) is 23.7 Å². The molecule has 6 aliphatic rings. The first-order valence-corrected chi connectivity index (χ1v) is 30.1. The number of urea groups is 1. The number of nitrogens with one attached hydrogen (secondary N) is 6. The van der Waals surface area contributed by atoms with E-state index in [0.717, 1.165) is 0 Å². The van der Waals surface area contributed by atoms with Crippen molar-refractivity contribution in [1.82, 2.24) is 60.3 Å². The first-order valence-electron chi connectivity index (χ1n) is 30.1. The van der Waals surface area contributed by atoms with Crippen LogP contribution in [0.4, 0.5) is 28.3 Å². The van der Waals surface area contributed by atoms with Gasteiger partial charge < -0.3 is 71.3 Å². The largest absolute Gasteiger partial charge is 0.388 e. The summed E-state index contributed by atoms with van der Waals surface area (Å²) in [6.45, 7) is 6.41. The molecule has 86 heavy (non-hydrogen) atoms. The number of aliphatic hydroxyl groups excluding tert-OH is 4. The van der Waals surface area contributed by atoms with E-state index in [2.05, 4.69) is 129 Å². The Morgan fingerprint density at radius 1 is 0.500 bits per heavy atom. The minimum Gasteiger partial charge on any atom is -0.388 e. The third-order valence-corrected chi connectivity index (χ3v) is 18.7. The lowest BCUT2D eigenvalue weighted by atomic mass is 9.97. The normalized spacial score (nSPS) is 24.9. The van der Waals surface area contributed by atoms with Crippen molar-refractivity contribution in [3.8, 4) is 22.3 Å². The van der Waals surface area contributed by atoms with E-state index in [1.54, 1.807) is 35.6 Å². The van der Waals surface area contributed by atoms with Crippen LogP contribution in [0.3, 0.4) is 0 Å². The molecule has 6 heterocycles. The van der Waals surface area contributed by atoms with Gasteiger partial charge in [-0.1, -0.05) is 111 Å². The maximum absolute atomic E-state index is 14.0. The molecule has 2 saturated heterocycles. The highest BCUT2D eigenvalue weighted by Gasteiger charge is 2.46. The zero-order valence-electron chi connectivity index (χ0n) is 47.8. The zero-order chi connectivity index (χ0) is 58.9. The molecule has 10 atom stereocenters. The Morgan fingerprint density at radius 2 is 0.872 bits per heavy atom. The summed E-state index contributed by atoms with van der Waals surface area (Å²) in [4.78, 5) is 73.0. The lowest BCUT2D eigenvalue weighted by molar-refractivity contribution is -0.123. The molecule has 2 aliphatic heterocycles. The summed E-state index contributed by atoms with van der Waals surface area (Å²) >= 11 is 0. The molecule has 4 aromatic carbocycles. The summed E-state index contributed by atoms with van der Waals surface area (Å²) < 4.78 is 3.56. The van der Waals surface area contributed by atoms with Crippen LogP contribution in [0.1, 0.15) is 98.5 Å². The fourth-order valence-corrected chi connectivity index (χ4v) is 14.2. The minimum atomic E-state index is -1.20. The molecule has 4 amide bonds. The van der Waals surface area contributed by atoms with Gasteiger partial charge in [-0.3, -0.25) is 9.59 Å². The lowest BCUT2D eigenvalue weighted by Crippen LogP contribution is -2.48. The predicted octanol–water partition coefficient (Wildman–Crippen LogP) is 4.69. The van der Waals surface area contributed by atoms with Crippen molar-refractivity contribution in [2.75, 3.05) is 59.7 Å². The smallest absolute Gasteiger partial charge is 0.315 e. The number of anilines is 4. The fraction of sp³-hybridized carbons (Fsp3) is 0.413. The summed E-state index contributed by atoms with van der Waals surface area (Å²) in [6.07, 6.45) is 0.678. The van der Waals surface area contributed by atoms with Gasteiger partial charge >= 0.3 is 6.03 Å². The molecule has 0 bridgehead atoms. The van der Waals surface area contributed by atoms with Gasteiger partial charge in [-0.25, -0.2) is 14.8 Å². The van der Waals surface area contributed by atoms with Gasteiger partial charge in [0.1, 0.15) is 24.4 Å². The van der Waals surface area contributed by atoms with Crippen molar-refractivity contribution < 1.29 is 34.8 Å². The summed E-state index contributed by atoms with van der Waals surface area (Å²) in [6, 6.07) is 30.3. The first kappa shape index (κ1) is 55.1. The second kappa shape index (κ2) is 22.6. The molecule has 14 rings (SSSR count). The van der Waals surface area contributed by atoms with Gasteiger partial charge in [0.25, 0.3) is 0 Å². The molecule has 0 unspecified atom stereocenters. The number of aromatic nitrogens is 8. The summed E-state index contributed by atoms with van der Waals surface area (Å²) in [5.74, 6) is 1.48. The number of benzene rings is 4. The number of hydrogen-bond acceptors (Lipinski definition) is 17. The number of nitrogens with zero attached hydrogens (tertiary/aromatic N) is 10. The highest BCUT2D eigenvalue weighted by atomic mass is 16.3. The van der Waals surface area contributed by atoms with E-state index in [9.17, 15) is 34.8 Å². The van der Waals surface area contributed by atoms with Gasteiger partial charge in [0, 0.05) is 76.0 Å². The average molecular weight is 1160 g/mol. The van der Waals surface area contributed by atoms with E-state index in [0.29, 0.717) is 98.0 Å². The standard InChI is InChI=1S/C63H70N16O7/c1-3-49(80)70-45-25-47(55(84)53(45)82)78-31-66-51-57(64-27-43-39-17-9-5-13-35(39)36-14-6-10-18-40(36)43)72-61(74-59(51)78)76-23-21-33(29-76)68-63(86)69-34-22-24-77(30-34)62-73-58(65-28-44-41-19-11-7-15-37(41)38-16-8-12-20-42(38)44)52-60(75-62)79(32-67-52)48-26-46(54(83)56(48)85)71-50(81)4-2/h5-20,31-34,43-48,53-56,82-85H,3-4,21-30H2,1-2H3,(H,70,80)(H,71,81)(H,64,72,74)(H,65,73,75)(H2,68,69,86)/t33-,34-,45+,46+,47-,48-,53-,54-,55+,56+/m1/s1. The van der Waals surface area contributed by atoms with Gasteiger partial charge in [-0.2, -0.15) is 19.9 Å². The van der Waals surface area contributed by atoms with Crippen LogP contribution < -0.4 is 41.7 Å². The molecule has 0 radical (unpaired) electrons. The molecular weight excluding hydrogens is 1090 g/mol. The number of imidazole rings is 2. The number of amides is 4. The molecule has 4 aromatic heterocycles. The third kappa shape index (κ3) is 9.84. The average Bonchev–Trinajstić information content (AvgIpc) is 2.87. The molecule has 444 valence electrons. The molecule has 0 spiro atoms. The molecule has 8 aromatic rings. The van der Waals surface area contributed by atoms with Crippen LogP contribution in [0.2, 0.25) is 0 Å². The van der Waals surface area contributed by atoms with Crippen LogP contribution in [0.5, 0.6) is 0 Å². The number of carbonyl (C=O) groups excluding carboxylic acids is 3. The van der Waals surface area contributed by atoms with Crippen molar-refractivity contribution in [1.29, 1.82) is 0 Å². The van der Waals surface area contributed by atoms with Crippen LogP contribution in [0.15, 0.2) is 110 Å². The minimum absolute atomic E-state index is 0.0299. The topological polar surface area (TPSA) is 298 Å². The second-order valence-electron chi connectivity index (χ2n) is 23.7. The Balaban J connectivity index is 0.689. The number of hydrogen-bond donors (Lipinski definition) is 10. The van der Waals surface area contributed by atoms with Crippen LogP contribution in [-0.4, -0.2) is 165 Å². The molecular formula is C63H70N16O7. The monoisotopic (exact) mass is 1160 g/mol. The third-order valence-electron chi connectivity index (χ3n) is 18.7. The number of rotatable bonds is 16. The highest BCUT2D eigenvalue weighted by molar-refractivity contribution is 5.87. The van der Waals surface area contributed by atoms with Gasteiger partial charge in [-0.15, -0.1) is 0 Å². The Labute approximate surface area is 495 Å². The van der Waals surface area contributed by atoms with E-state index < -0.39 is 48.6 Å². The Kier molecular flexibility index (Phi) is 14.5.